The number of carbonyl (C=O) groups excluding carboxylic acids is 1. The Labute approximate surface area is 150 Å². The molecule has 0 fully saturated rings. The van der Waals surface area contributed by atoms with Crippen molar-refractivity contribution in [3.8, 4) is 11.4 Å². The molecule has 0 spiro atoms. The van der Waals surface area contributed by atoms with E-state index in [0.717, 1.165) is 16.7 Å². The maximum atomic E-state index is 12.1. The van der Waals surface area contributed by atoms with Crippen molar-refractivity contribution < 1.29 is 9.32 Å². The summed E-state index contributed by atoms with van der Waals surface area (Å²) in [5.74, 6) is 0.577. The van der Waals surface area contributed by atoms with Gasteiger partial charge in [0.1, 0.15) is 0 Å². The third-order valence-electron chi connectivity index (χ3n) is 3.91. The van der Waals surface area contributed by atoms with E-state index in [1.807, 2.05) is 44.2 Å². The molecule has 0 bridgehead atoms. The molecule has 2 heterocycles. The first kappa shape index (κ1) is 17.6. The Morgan fingerprint density at radius 3 is 2.69 bits per heavy atom. The van der Waals surface area contributed by atoms with E-state index < -0.39 is 0 Å². The van der Waals surface area contributed by atoms with Gasteiger partial charge in [0.2, 0.25) is 17.6 Å². The number of amides is 1. The summed E-state index contributed by atoms with van der Waals surface area (Å²) in [4.78, 5) is 28.4. The van der Waals surface area contributed by atoms with Gasteiger partial charge in [0.25, 0.3) is 5.56 Å². The molecule has 134 valence electrons. The topological polar surface area (TPSA) is 90.0 Å². The third kappa shape index (κ3) is 4.05. The van der Waals surface area contributed by atoms with Gasteiger partial charge in [-0.1, -0.05) is 28.9 Å². The number of carbonyl (C=O) groups is 1. The van der Waals surface area contributed by atoms with Crippen molar-refractivity contribution in [2.24, 2.45) is 0 Å². The van der Waals surface area contributed by atoms with Gasteiger partial charge in [-0.3, -0.25) is 15.0 Å². The number of benzene rings is 1. The lowest BCUT2D eigenvalue weighted by molar-refractivity contribution is -0.117. The molecule has 2 aromatic heterocycles. The molecule has 0 aliphatic heterocycles. The van der Waals surface area contributed by atoms with E-state index >= 15 is 0 Å². The molecule has 1 amide bonds. The van der Waals surface area contributed by atoms with Crippen LogP contribution in [0.1, 0.15) is 29.1 Å². The van der Waals surface area contributed by atoms with E-state index in [0.29, 0.717) is 23.8 Å². The summed E-state index contributed by atoms with van der Waals surface area (Å²) in [5.41, 5.74) is 5.82. The van der Waals surface area contributed by atoms with Gasteiger partial charge < -0.3 is 4.52 Å². The fraction of sp³-hybridized carbons (Fsp3) is 0.263. The van der Waals surface area contributed by atoms with Gasteiger partial charge in [0.05, 0.1) is 0 Å². The molecule has 0 unspecified atom stereocenters. The fourth-order valence-electron chi connectivity index (χ4n) is 2.67. The number of aryl methyl sites for hydroxylation is 4. The van der Waals surface area contributed by atoms with Gasteiger partial charge in [-0.15, -0.1) is 0 Å². The van der Waals surface area contributed by atoms with Crippen LogP contribution in [0.25, 0.3) is 11.4 Å². The number of hydrogen-bond acceptors (Lipinski definition) is 5. The quantitative estimate of drug-likeness (QED) is 0.762. The Hall–Kier alpha value is -3.22. The molecule has 1 aromatic carbocycles. The average molecular weight is 352 g/mol. The monoisotopic (exact) mass is 352 g/mol. The smallest absolute Gasteiger partial charge is 0.269 e. The van der Waals surface area contributed by atoms with Gasteiger partial charge in [0.15, 0.2) is 0 Å². The van der Waals surface area contributed by atoms with Crippen molar-refractivity contribution in [2.75, 3.05) is 5.43 Å². The van der Waals surface area contributed by atoms with Gasteiger partial charge in [-0.25, -0.2) is 4.68 Å². The number of nitrogens with one attached hydrogen (secondary N) is 1. The third-order valence-corrected chi connectivity index (χ3v) is 3.91. The first-order valence-corrected chi connectivity index (χ1v) is 8.32. The van der Waals surface area contributed by atoms with Crippen LogP contribution in [0.4, 0.5) is 0 Å². The Morgan fingerprint density at radius 1 is 1.15 bits per heavy atom. The van der Waals surface area contributed by atoms with Crippen molar-refractivity contribution in [1.82, 2.24) is 14.8 Å². The largest absolute Gasteiger partial charge is 0.339 e. The molecule has 7 nitrogen and oxygen atoms in total. The first-order chi connectivity index (χ1) is 12.4. The van der Waals surface area contributed by atoms with Gasteiger partial charge in [-0.2, -0.15) is 4.98 Å². The predicted octanol–water partition coefficient (Wildman–Crippen LogP) is 2.53. The van der Waals surface area contributed by atoms with Crippen LogP contribution in [-0.4, -0.2) is 20.7 Å². The van der Waals surface area contributed by atoms with Gasteiger partial charge in [-0.05, 0) is 38.5 Å². The molecule has 0 aliphatic rings. The maximum absolute atomic E-state index is 12.1. The molecular weight excluding hydrogens is 332 g/mol. The lowest BCUT2D eigenvalue weighted by atomic mass is 10.1. The van der Waals surface area contributed by atoms with Crippen molar-refractivity contribution in [3.63, 3.8) is 0 Å². The first-order valence-electron chi connectivity index (χ1n) is 8.32. The number of nitrogens with zero attached hydrogens (tertiary/aromatic N) is 3. The number of rotatable bonds is 5. The lowest BCUT2D eigenvalue weighted by Crippen LogP contribution is -2.34. The summed E-state index contributed by atoms with van der Waals surface area (Å²) in [6.07, 6.45) is 0.430. The molecule has 0 aliphatic carbocycles. The van der Waals surface area contributed by atoms with Crippen LogP contribution in [-0.2, 0) is 11.2 Å². The minimum Gasteiger partial charge on any atom is -0.339 e. The van der Waals surface area contributed by atoms with Crippen molar-refractivity contribution >= 4 is 5.91 Å². The van der Waals surface area contributed by atoms with Gasteiger partial charge in [0, 0.05) is 30.2 Å². The number of hydrogen-bond donors (Lipinski definition) is 1. The van der Waals surface area contributed by atoms with Crippen LogP contribution in [0.5, 0.6) is 0 Å². The molecule has 0 radical (unpaired) electrons. The summed E-state index contributed by atoms with van der Waals surface area (Å²) in [6.45, 7) is 5.59. The summed E-state index contributed by atoms with van der Waals surface area (Å²) in [5, 5.41) is 3.95. The highest BCUT2D eigenvalue weighted by atomic mass is 16.5. The Bertz CT molecular complexity index is 1000. The fourth-order valence-corrected chi connectivity index (χ4v) is 2.67. The van der Waals surface area contributed by atoms with E-state index in [-0.39, 0.29) is 17.9 Å². The second-order valence-corrected chi connectivity index (χ2v) is 6.26. The minimum atomic E-state index is -0.297. The van der Waals surface area contributed by atoms with Crippen LogP contribution in [0.15, 0.2) is 45.7 Å². The zero-order valence-corrected chi connectivity index (χ0v) is 14.9. The Balaban J connectivity index is 1.63. The van der Waals surface area contributed by atoms with Gasteiger partial charge >= 0.3 is 0 Å². The maximum Gasteiger partial charge on any atom is 0.269 e. The normalized spacial score (nSPS) is 10.7. The second kappa shape index (κ2) is 7.35. The zero-order chi connectivity index (χ0) is 18.7. The molecule has 7 heteroatoms. The number of pyridine rings is 1. The molecule has 0 saturated carbocycles. The molecule has 3 aromatic rings. The SMILES string of the molecule is Cc1cccc(-c2noc(CCC(=O)Nn3c(C)cc(C)cc3=O)n2)c1. The molecule has 1 N–H and O–H groups in total. The van der Waals surface area contributed by atoms with Crippen molar-refractivity contribution in [2.45, 2.75) is 33.6 Å². The van der Waals surface area contributed by atoms with E-state index in [2.05, 4.69) is 15.6 Å². The summed E-state index contributed by atoms with van der Waals surface area (Å²) < 4.78 is 6.45. The van der Waals surface area contributed by atoms with Crippen LogP contribution >= 0.6 is 0 Å². The van der Waals surface area contributed by atoms with Crippen molar-refractivity contribution in [3.05, 3.63) is 69.5 Å². The van der Waals surface area contributed by atoms with Crippen LogP contribution in [0.3, 0.4) is 0 Å². The molecule has 0 saturated heterocycles. The summed E-state index contributed by atoms with van der Waals surface area (Å²) in [7, 11) is 0. The summed E-state index contributed by atoms with van der Waals surface area (Å²) >= 11 is 0. The highest BCUT2D eigenvalue weighted by molar-refractivity contribution is 5.83. The second-order valence-electron chi connectivity index (χ2n) is 6.26. The van der Waals surface area contributed by atoms with Crippen LogP contribution in [0.2, 0.25) is 0 Å². The molecule has 0 atom stereocenters. The van der Waals surface area contributed by atoms with E-state index in [1.165, 1.54) is 10.7 Å². The summed E-state index contributed by atoms with van der Waals surface area (Å²) in [6, 6.07) is 11.1. The Kier molecular flexibility index (Phi) is 4.97. The van der Waals surface area contributed by atoms with Crippen LogP contribution in [0, 0.1) is 20.8 Å². The van der Waals surface area contributed by atoms with Crippen LogP contribution < -0.4 is 11.0 Å². The van der Waals surface area contributed by atoms with E-state index in [4.69, 9.17) is 4.52 Å². The Morgan fingerprint density at radius 2 is 1.96 bits per heavy atom. The van der Waals surface area contributed by atoms with E-state index in [1.54, 1.807) is 6.92 Å². The minimum absolute atomic E-state index is 0.134. The highest BCUT2D eigenvalue weighted by Gasteiger charge is 2.12. The molecular formula is C19H20N4O3. The average Bonchev–Trinajstić information content (AvgIpc) is 3.05. The highest BCUT2D eigenvalue weighted by Crippen LogP contribution is 2.17. The number of aromatic nitrogens is 3. The zero-order valence-electron chi connectivity index (χ0n) is 14.9. The standard InChI is InChI=1S/C19H20N4O3/c1-12-5-4-6-15(10-12)19-20-17(26-22-19)8-7-16(24)21-23-14(3)9-13(2)11-18(23)25/h4-6,9-11H,7-8H2,1-3H3,(H,21,24). The van der Waals surface area contributed by atoms with Crippen molar-refractivity contribution in [1.29, 1.82) is 0 Å². The lowest BCUT2D eigenvalue weighted by Gasteiger charge is -2.11. The molecule has 3 rings (SSSR count). The van der Waals surface area contributed by atoms with E-state index in [9.17, 15) is 9.59 Å². The predicted molar refractivity (Wildman–Crippen MR) is 97.3 cm³/mol. The molecule has 26 heavy (non-hydrogen) atoms.